The second kappa shape index (κ2) is 5.72. The Morgan fingerprint density at radius 2 is 1.90 bits per heavy atom. The molecule has 4 nitrogen and oxygen atoms in total. The molecule has 1 unspecified atom stereocenters. The van der Waals surface area contributed by atoms with E-state index in [4.69, 9.17) is 10.6 Å². The molecule has 0 amide bonds. The lowest BCUT2D eigenvalue weighted by atomic mass is 10.2. The summed E-state index contributed by atoms with van der Waals surface area (Å²) in [5.74, 6) is 5.57. The van der Waals surface area contributed by atoms with Crippen molar-refractivity contribution in [1.29, 1.82) is 0 Å². The zero-order chi connectivity index (χ0) is 14.8. The van der Waals surface area contributed by atoms with Gasteiger partial charge in [0.05, 0.1) is 13.2 Å². The van der Waals surface area contributed by atoms with E-state index in [0.29, 0.717) is 6.61 Å². The molecule has 1 aliphatic rings. The van der Waals surface area contributed by atoms with Gasteiger partial charge in [-0.3, -0.25) is 5.01 Å². The molecule has 0 fully saturated rings. The summed E-state index contributed by atoms with van der Waals surface area (Å²) in [4.78, 5) is 1.07. The molecular formula is C13H16F3N3O. The van der Waals surface area contributed by atoms with Crippen LogP contribution in [0, 0.1) is 0 Å². The van der Waals surface area contributed by atoms with Gasteiger partial charge in [-0.2, -0.15) is 13.2 Å². The summed E-state index contributed by atoms with van der Waals surface area (Å²) in [6.07, 6.45) is -4.19. The number of hydrogen-bond donors (Lipinski definition) is 1. The van der Waals surface area contributed by atoms with Gasteiger partial charge in [-0.05, 0) is 5.56 Å². The highest BCUT2D eigenvalue weighted by Gasteiger charge is 2.43. The Labute approximate surface area is 115 Å². The van der Waals surface area contributed by atoms with Gasteiger partial charge in [0.1, 0.15) is 11.9 Å². The van der Waals surface area contributed by atoms with Crippen molar-refractivity contribution in [1.82, 2.24) is 9.91 Å². The number of benzene rings is 1. The molecule has 1 aromatic carbocycles. The SMILES string of the molecule is CN1C(C(F)(F)F)=CN(N)C1COCc1ccccc1. The average molecular weight is 287 g/mol. The molecule has 2 N–H and O–H groups in total. The molecule has 7 heteroatoms. The molecule has 110 valence electrons. The lowest BCUT2D eigenvalue weighted by molar-refractivity contribution is -0.113. The molecule has 0 saturated carbocycles. The molecule has 0 aromatic heterocycles. The number of hydrogen-bond acceptors (Lipinski definition) is 4. The van der Waals surface area contributed by atoms with Crippen LogP contribution in [0.25, 0.3) is 0 Å². The number of halogens is 3. The van der Waals surface area contributed by atoms with Gasteiger partial charge in [0.25, 0.3) is 0 Å². The first-order valence-electron chi connectivity index (χ1n) is 6.06. The Balaban J connectivity index is 1.89. The standard InChI is InChI=1S/C13H16F3N3O/c1-18-11(13(14,15)16)7-19(17)12(18)9-20-8-10-5-3-2-4-6-10/h2-7,12H,8-9,17H2,1H3. The predicted molar refractivity (Wildman–Crippen MR) is 67.8 cm³/mol. The van der Waals surface area contributed by atoms with E-state index in [2.05, 4.69) is 0 Å². The van der Waals surface area contributed by atoms with Crippen molar-refractivity contribution in [2.24, 2.45) is 5.84 Å². The summed E-state index contributed by atoms with van der Waals surface area (Å²) in [6, 6.07) is 9.41. The van der Waals surface area contributed by atoms with Gasteiger partial charge in [-0.1, -0.05) is 30.3 Å². The fourth-order valence-corrected chi connectivity index (χ4v) is 2.01. The fourth-order valence-electron chi connectivity index (χ4n) is 2.01. The quantitative estimate of drug-likeness (QED) is 0.861. The first-order valence-corrected chi connectivity index (χ1v) is 6.06. The van der Waals surface area contributed by atoms with E-state index < -0.39 is 18.0 Å². The minimum atomic E-state index is -4.42. The van der Waals surface area contributed by atoms with Crippen LogP contribution in [0.2, 0.25) is 0 Å². The first-order chi connectivity index (χ1) is 9.39. The Morgan fingerprint density at radius 1 is 1.25 bits per heavy atom. The largest absolute Gasteiger partial charge is 0.432 e. The zero-order valence-corrected chi connectivity index (χ0v) is 11.0. The third-order valence-electron chi connectivity index (χ3n) is 3.11. The van der Waals surface area contributed by atoms with Crippen molar-refractivity contribution in [2.75, 3.05) is 13.7 Å². The third-order valence-corrected chi connectivity index (χ3v) is 3.11. The average Bonchev–Trinajstić information content (AvgIpc) is 2.67. The van der Waals surface area contributed by atoms with Gasteiger partial charge in [-0.15, -0.1) is 0 Å². The molecule has 0 radical (unpaired) electrons. The molecular weight excluding hydrogens is 271 g/mol. The number of likely N-dealkylation sites (N-methyl/N-ethyl adjacent to an activating group) is 1. The number of rotatable bonds is 4. The number of nitrogens with two attached hydrogens (primary N) is 1. The monoisotopic (exact) mass is 287 g/mol. The maximum Gasteiger partial charge on any atom is 0.432 e. The minimum absolute atomic E-state index is 0.0813. The summed E-state index contributed by atoms with van der Waals surface area (Å²) < 4.78 is 43.6. The van der Waals surface area contributed by atoms with E-state index in [1.165, 1.54) is 7.05 Å². The summed E-state index contributed by atoms with van der Waals surface area (Å²) in [7, 11) is 1.35. The third kappa shape index (κ3) is 3.23. The van der Waals surface area contributed by atoms with E-state index in [0.717, 1.165) is 21.7 Å². The minimum Gasteiger partial charge on any atom is -0.373 e. The van der Waals surface area contributed by atoms with Crippen LogP contribution < -0.4 is 5.84 Å². The summed E-state index contributed by atoms with van der Waals surface area (Å²) in [5, 5.41) is 1.02. The summed E-state index contributed by atoms with van der Waals surface area (Å²) >= 11 is 0. The van der Waals surface area contributed by atoms with E-state index >= 15 is 0 Å². The second-order valence-electron chi connectivity index (χ2n) is 4.55. The van der Waals surface area contributed by atoms with Gasteiger partial charge in [-0.25, -0.2) is 5.84 Å². The van der Waals surface area contributed by atoms with Crippen molar-refractivity contribution in [2.45, 2.75) is 18.9 Å². The van der Waals surface area contributed by atoms with Crippen LogP contribution in [0.3, 0.4) is 0 Å². The number of ether oxygens (including phenoxy) is 1. The van der Waals surface area contributed by atoms with E-state index in [1.54, 1.807) is 0 Å². The lowest BCUT2D eigenvalue weighted by Crippen LogP contribution is -2.45. The highest BCUT2D eigenvalue weighted by atomic mass is 19.4. The fraction of sp³-hybridized carbons (Fsp3) is 0.385. The number of nitrogens with zero attached hydrogens (tertiary/aromatic N) is 2. The first kappa shape index (κ1) is 14.7. The maximum absolute atomic E-state index is 12.7. The summed E-state index contributed by atoms with van der Waals surface area (Å²) in [5.41, 5.74) is 0.189. The Kier molecular flexibility index (Phi) is 4.20. The molecule has 1 heterocycles. The normalized spacial score (nSPS) is 19.4. The Morgan fingerprint density at radius 3 is 2.45 bits per heavy atom. The molecule has 1 aromatic rings. The maximum atomic E-state index is 12.7. The van der Waals surface area contributed by atoms with Gasteiger partial charge in [0.15, 0.2) is 0 Å². The van der Waals surface area contributed by atoms with Crippen LogP contribution in [-0.2, 0) is 11.3 Å². The van der Waals surface area contributed by atoms with Crippen molar-refractivity contribution in [3.63, 3.8) is 0 Å². The van der Waals surface area contributed by atoms with E-state index in [1.807, 2.05) is 30.3 Å². The van der Waals surface area contributed by atoms with Gasteiger partial charge >= 0.3 is 6.18 Å². The van der Waals surface area contributed by atoms with Gasteiger partial charge in [0, 0.05) is 13.2 Å². The smallest absolute Gasteiger partial charge is 0.373 e. The molecule has 1 aliphatic heterocycles. The summed E-state index contributed by atoms with van der Waals surface area (Å²) in [6.45, 7) is 0.415. The van der Waals surface area contributed by atoms with Gasteiger partial charge < -0.3 is 9.64 Å². The van der Waals surface area contributed by atoms with Crippen LogP contribution in [0.4, 0.5) is 13.2 Å². The Hall–Kier alpha value is -1.73. The van der Waals surface area contributed by atoms with Crippen LogP contribution in [-0.4, -0.2) is 35.9 Å². The van der Waals surface area contributed by atoms with Crippen LogP contribution in [0.15, 0.2) is 42.2 Å². The molecule has 1 atom stereocenters. The highest BCUT2D eigenvalue weighted by Crippen LogP contribution is 2.33. The molecule has 2 rings (SSSR count). The topological polar surface area (TPSA) is 41.7 Å². The Bertz CT molecular complexity index is 475. The van der Waals surface area contributed by atoms with Crippen molar-refractivity contribution in [3.8, 4) is 0 Å². The predicted octanol–water partition coefficient (Wildman–Crippen LogP) is 2.05. The van der Waals surface area contributed by atoms with Crippen molar-refractivity contribution >= 4 is 0 Å². The zero-order valence-electron chi connectivity index (χ0n) is 11.0. The van der Waals surface area contributed by atoms with E-state index in [9.17, 15) is 13.2 Å². The van der Waals surface area contributed by atoms with Gasteiger partial charge in [0.2, 0.25) is 0 Å². The number of alkyl halides is 3. The van der Waals surface area contributed by atoms with Crippen LogP contribution >= 0.6 is 0 Å². The highest BCUT2D eigenvalue weighted by molar-refractivity contribution is 5.14. The van der Waals surface area contributed by atoms with Crippen molar-refractivity contribution in [3.05, 3.63) is 47.8 Å². The molecule has 0 bridgehead atoms. The van der Waals surface area contributed by atoms with Crippen LogP contribution in [0.5, 0.6) is 0 Å². The van der Waals surface area contributed by atoms with Crippen LogP contribution in [0.1, 0.15) is 5.56 Å². The molecule has 20 heavy (non-hydrogen) atoms. The molecule has 0 aliphatic carbocycles. The second-order valence-corrected chi connectivity index (χ2v) is 4.55. The lowest BCUT2D eigenvalue weighted by Gasteiger charge is -2.28. The van der Waals surface area contributed by atoms with Crippen molar-refractivity contribution < 1.29 is 17.9 Å². The number of hydrazine groups is 1. The number of allylic oxidation sites excluding steroid dienone is 1. The molecule has 0 spiro atoms. The van der Waals surface area contributed by atoms with E-state index in [-0.39, 0.29) is 6.61 Å². The molecule has 0 saturated heterocycles.